The monoisotopic (exact) mass is 602 g/mol. The third-order valence-electron chi connectivity index (χ3n) is 11.9. The number of carboxylic acid groups (broad SMARTS) is 1. The minimum absolute atomic E-state index is 0.0104. The Morgan fingerprint density at radius 3 is 2.49 bits per heavy atom. The molecular weight excluding hydrogens is 552 g/mol. The number of aliphatic hydroxyl groups is 2. The van der Waals surface area contributed by atoms with E-state index in [2.05, 4.69) is 13.0 Å². The zero-order valence-corrected chi connectivity index (χ0v) is 26.6. The third kappa shape index (κ3) is 4.43. The highest BCUT2D eigenvalue weighted by Crippen LogP contribution is 2.83. The van der Waals surface area contributed by atoms with Crippen LogP contribution >= 0.6 is 0 Å². The van der Waals surface area contributed by atoms with Gasteiger partial charge in [0, 0.05) is 23.5 Å². The first kappa shape index (κ1) is 32.4. The highest BCUT2D eigenvalue weighted by molar-refractivity contribution is 5.88. The molecule has 9 heteroatoms. The second-order valence-electron chi connectivity index (χ2n) is 14.1. The maximum atomic E-state index is 13.7. The van der Waals surface area contributed by atoms with Crippen molar-refractivity contribution in [1.82, 2.24) is 0 Å². The number of aliphatic carboxylic acids is 1. The molecule has 3 saturated carbocycles. The van der Waals surface area contributed by atoms with Crippen LogP contribution in [0.25, 0.3) is 0 Å². The van der Waals surface area contributed by atoms with Crippen LogP contribution in [0, 0.1) is 45.8 Å². The van der Waals surface area contributed by atoms with Crippen molar-refractivity contribution in [1.29, 1.82) is 0 Å². The van der Waals surface area contributed by atoms with Gasteiger partial charge in [0.15, 0.2) is 12.4 Å². The molecule has 12 atom stereocenters. The second kappa shape index (κ2) is 11.7. The molecule has 4 aliphatic carbocycles. The number of fused-ring (bicyclic) bond motifs is 2. The average molecular weight is 603 g/mol. The van der Waals surface area contributed by atoms with E-state index < -0.39 is 58.9 Å². The smallest absolute Gasteiger partial charge is 0.334 e. The molecule has 240 valence electrons. The summed E-state index contributed by atoms with van der Waals surface area (Å²) in [5.41, 5.74) is -1.59. The number of carbonyl (C=O) groups excluding carboxylic acids is 1. The number of hydrogen-bond acceptors (Lipinski definition) is 8. The van der Waals surface area contributed by atoms with Crippen LogP contribution < -0.4 is 0 Å². The molecule has 0 radical (unpaired) electrons. The van der Waals surface area contributed by atoms with E-state index in [4.69, 9.17) is 18.9 Å². The summed E-state index contributed by atoms with van der Waals surface area (Å²) in [7, 11) is 1.47. The maximum absolute atomic E-state index is 13.7. The van der Waals surface area contributed by atoms with Crippen molar-refractivity contribution >= 4 is 11.9 Å². The molecule has 4 bridgehead atoms. The molecule has 43 heavy (non-hydrogen) atoms. The number of hydrogen-bond donors (Lipinski definition) is 3. The van der Waals surface area contributed by atoms with Crippen LogP contribution in [0.3, 0.4) is 0 Å². The highest BCUT2D eigenvalue weighted by atomic mass is 16.7. The fraction of sp³-hybridized carbons (Fsp3) is 0.765. The van der Waals surface area contributed by atoms with Crippen LogP contribution in [-0.2, 0) is 28.5 Å². The van der Waals surface area contributed by atoms with E-state index in [0.29, 0.717) is 24.3 Å². The molecule has 5 rings (SSSR count). The summed E-state index contributed by atoms with van der Waals surface area (Å²) in [4.78, 5) is 26.6. The SMILES string of the molecule is C/C=C/C=C(/C)C(=O)O[C@H]1[C@H](O)[C@H](OC[C@@]23C[C@@H]4[C@H](C)CC[C@H]4[C@@]4(CO)C[C@@H]2C=C(C(C)C)[C@]43C(=O)O)O[C@H](C)[C@H]1OC. The van der Waals surface area contributed by atoms with Gasteiger partial charge in [0.1, 0.15) is 17.6 Å². The van der Waals surface area contributed by atoms with Crippen LogP contribution in [0.1, 0.15) is 67.2 Å². The fourth-order valence-corrected chi connectivity index (χ4v) is 10.2. The molecule has 0 aromatic heterocycles. The van der Waals surface area contributed by atoms with Crippen molar-refractivity contribution in [2.24, 2.45) is 45.8 Å². The molecule has 3 N–H and O–H groups in total. The Kier molecular flexibility index (Phi) is 8.81. The summed E-state index contributed by atoms with van der Waals surface area (Å²) in [6.45, 7) is 11.4. The van der Waals surface area contributed by atoms with Gasteiger partial charge >= 0.3 is 11.9 Å². The first-order chi connectivity index (χ1) is 20.4. The number of carboxylic acids is 1. The first-order valence-electron chi connectivity index (χ1n) is 15.9. The van der Waals surface area contributed by atoms with Gasteiger partial charge < -0.3 is 34.3 Å². The van der Waals surface area contributed by atoms with E-state index >= 15 is 0 Å². The van der Waals surface area contributed by atoms with E-state index in [1.165, 1.54) is 7.11 Å². The Balaban J connectivity index is 1.48. The van der Waals surface area contributed by atoms with Gasteiger partial charge in [-0.2, -0.15) is 0 Å². The van der Waals surface area contributed by atoms with E-state index in [1.807, 2.05) is 20.8 Å². The van der Waals surface area contributed by atoms with Crippen LogP contribution in [0.5, 0.6) is 0 Å². The summed E-state index contributed by atoms with van der Waals surface area (Å²) in [6.07, 6.45) is 5.67. The molecular formula is C34H50O9. The summed E-state index contributed by atoms with van der Waals surface area (Å²) in [5.74, 6) is -0.734. The lowest BCUT2D eigenvalue weighted by Crippen LogP contribution is -2.65. The van der Waals surface area contributed by atoms with E-state index in [1.54, 1.807) is 32.1 Å². The van der Waals surface area contributed by atoms with Crippen LogP contribution in [0.15, 0.2) is 35.5 Å². The lowest BCUT2D eigenvalue weighted by Gasteiger charge is -2.60. The first-order valence-corrected chi connectivity index (χ1v) is 15.9. The predicted octanol–water partition coefficient (Wildman–Crippen LogP) is 4.28. The second-order valence-corrected chi connectivity index (χ2v) is 14.1. The predicted molar refractivity (Wildman–Crippen MR) is 159 cm³/mol. The molecule has 1 aliphatic heterocycles. The quantitative estimate of drug-likeness (QED) is 0.145. The molecule has 4 fully saturated rings. The minimum atomic E-state index is -1.36. The lowest BCUT2D eigenvalue weighted by molar-refractivity contribution is -0.309. The number of methoxy groups -OCH3 is 1. The fourth-order valence-electron chi connectivity index (χ4n) is 10.2. The van der Waals surface area contributed by atoms with E-state index in [-0.39, 0.29) is 36.9 Å². The molecule has 5 aliphatic rings. The number of carbonyl (C=O) groups is 2. The minimum Gasteiger partial charge on any atom is -0.481 e. The van der Waals surface area contributed by atoms with Gasteiger partial charge in [-0.25, -0.2) is 4.79 Å². The van der Waals surface area contributed by atoms with Gasteiger partial charge in [-0.05, 0) is 69.6 Å². The van der Waals surface area contributed by atoms with Crippen molar-refractivity contribution < 1.29 is 43.9 Å². The standard InChI is InChI=1S/C34H50O9/c1-8-9-10-20(5)29(37)43-28-26(36)30(42-21(6)27(28)40-7)41-17-33-15-23-19(4)11-12-24(23)32(16-35)14-22(33)13-25(18(2)3)34(32,33)31(38)39/h8-10,13,18-19,21-24,26-28,30,35-36H,11-12,14-17H2,1-7H3,(H,38,39)/b9-8+,20-10-/t19-,21-,22+,23-,24-,26+,27-,28+,30-,32+,33+,34+/m1/s1. The molecule has 1 saturated heterocycles. The number of rotatable bonds is 10. The Hall–Kier alpha value is -2.04. The number of ether oxygens (including phenoxy) is 4. The summed E-state index contributed by atoms with van der Waals surface area (Å²) < 4.78 is 24.0. The average Bonchev–Trinajstić information content (AvgIpc) is 3.54. The van der Waals surface area contributed by atoms with Gasteiger partial charge in [-0.3, -0.25) is 4.79 Å². The molecule has 0 spiro atoms. The summed E-state index contributed by atoms with van der Waals surface area (Å²) >= 11 is 0. The van der Waals surface area contributed by atoms with E-state index in [9.17, 15) is 24.9 Å². The van der Waals surface area contributed by atoms with Crippen LogP contribution in [-0.4, -0.2) is 78.3 Å². The van der Waals surface area contributed by atoms with Gasteiger partial charge in [0.2, 0.25) is 0 Å². The van der Waals surface area contributed by atoms with Gasteiger partial charge in [-0.1, -0.05) is 57.1 Å². The normalized spacial score (nSPS) is 45.5. The van der Waals surface area contributed by atoms with Gasteiger partial charge in [-0.15, -0.1) is 0 Å². The van der Waals surface area contributed by atoms with Crippen molar-refractivity contribution in [3.63, 3.8) is 0 Å². The zero-order chi connectivity index (χ0) is 31.5. The maximum Gasteiger partial charge on any atom is 0.334 e. The van der Waals surface area contributed by atoms with Crippen molar-refractivity contribution in [3.05, 3.63) is 35.5 Å². The Labute approximate surface area is 255 Å². The highest BCUT2D eigenvalue weighted by Gasteiger charge is 2.84. The molecule has 1 heterocycles. The third-order valence-corrected chi connectivity index (χ3v) is 11.9. The van der Waals surface area contributed by atoms with Crippen LogP contribution in [0.2, 0.25) is 0 Å². The Bertz CT molecular complexity index is 1190. The Morgan fingerprint density at radius 2 is 1.88 bits per heavy atom. The van der Waals surface area contributed by atoms with Crippen molar-refractivity contribution in [2.75, 3.05) is 20.3 Å². The topological polar surface area (TPSA) is 132 Å². The molecule has 9 nitrogen and oxygen atoms in total. The summed E-state index contributed by atoms with van der Waals surface area (Å²) in [5, 5.41) is 33.9. The van der Waals surface area contributed by atoms with Gasteiger partial charge in [0.25, 0.3) is 0 Å². The van der Waals surface area contributed by atoms with Crippen molar-refractivity contribution in [2.45, 2.75) is 97.9 Å². The van der Waals surface area contributed by atoms with Crippen molar-refractivity contribution in [3.8, 4) is 0 Å². The van der Waals surface area contributed by atoms with Crippen LogP contribution in [0.4, 0.5) is 0 Å². The lowest BCUT2D eigenvalue weighted by atomic mass is 9.42. The van der Waals surface area contributed by atoms with Gasteiger partial charge in [0.05, 0.1) is 19.3 Å². The van der Waals surface area contributed by atoms with E-state index in [0.717, 1.165) is 18.4 Å². The zero-order valence-electron chi connectivity index (χ0n) is 26.6. The molecule has 0 unspecified atom stereocenters. The number of allylic oxidation sites excluding steroid dienone is 4. The number of esters is 1. The largest absolute Gasteiger partial charge is 0.481 e. The molecule has 0 amide bonds. The Morgan fingerprint density at radius 1 is 1.16 bits per heavy atom. The molecule has 0 aromatic rings. The number of aliphatic hydroxyl groups excluding tert-OH is 2. The molecule has 0 aromatic carbocycles. The summed E-state index contributed by atoms with van der Waals surface area (Å²) in [6, 6.07) is 0.